The number of carbonyl (C=O) groups is 2. The summed E-state index contributed by atoms with van der Waals surface area (Å²) in [5, 5.41) is 2.70. The third kappa shape index (κ3) is 3.26. The second kappa shape index (κ2) is 5.21. The molecule has 1 heterocycles. The van der Waals surface area contributed by atoms with Crippen LogP contribution in [0.3, 0.4) is 0 Å². The number of hydrogen-bond donors (Lipinski definition) is 1. The summed E-state index contributed by atoms with van der Waals surface area (Å²) in [5.74, 6) is 0.697. The van der Waals surface area contributed by atoms with E-state index < -0.39 is 5.60 Å². The lowest BCUT2D eigenvalue weighted by Gasteiger charge is -2.31. The van der Waals surface area contributed by atoms with Crippen molar-refractivity contribution in [3.8, 4) is 5.75 Å². The van der Waals surface area contributed by atoms with Gasteiger partial charge in [-0.05, 0) is 32.0 Å². The number of alkyl halides is 1. The Balaban J connectivity index is 2.22. The summed E-state index contributed by atoms with van der Waals surface area (Å²) < 4.78 is 5.74. The van der Waals surface area contributed by atoms with Crippen LogP contribution in [0.4, 0.5) is 5.69 Å². The number of halogens is 1. The number of hydrogen-bond acceptors (Lipinski definition) is 3. The SMILES string of the molecule is CC1(C)CC(=O)c2cc(NC(=O)CCCl)ccc2O1. The van der Waals surface area contributed by atoms with E-state index in [1.807, 2.05) is 13.8 Å². The van der Waals surface area contributed by atoms with E-state index in [0.717, 1.165) is 0 Å². The molecule has 1 aromatic rings. The lowest BCUT2D eigenvalue weighted by molar-refractivity contribution is -0.115. The van der Waals surface area contributed by atoms with Crippen molar-refractivity contribution in [2.75, 3.05) is 11.2 Å². The number of carbonyl (C=O) groups excluding carboxylic acids is 2. The fourth-order valence-corrected chi connectivity index (χ4v) is 2.21. The second-order valence-corrected chi connectivity index (χ2v) is 5.54. The molecule has 0 spiro atoms. The van der Waals surface area contributed by atoms with E-state index in [0.29, 0.717) is 23.4 Å². The number of Topliss-reactive ketones (excluding diaryl/α,β-unsaturated/α-hetero) is 1. The molecule has 102 valence electrons. The zero-order valence-electron chi connectivity index (χ0n) is 11.0. The first-order chi connectivity index (χ1) is 8.91. The van der Waals surface area contributed by atoms with Gasteiger partial charge >= 0.3 is 0 Å². The lowest BCUT2D eigenvalue weighted by Crippen LogP contribution is -2.35. The van der Waals surface area contributed by atoms with Gasteiger partial charge in [0.15, 0.2) is 5.78 Å². The zero-order valence-corrected chi connectivity index (χ0v) is 11.7. The first kappa shape index (κ1) is 13.9. The Labute approximate surface area is 117 Å². The number of ketones is 1. The van der Waals surface area contributed by atoms with Crippen molar-refractivity contribution in [3.05, 3.63) is 23.8 Å². The number of benzene rings is 1. The summed E-state index contributed by atoms with van der Waals surface area (Å²) in [6.45, 7) is 3.76. The molecule has 1 aliphatic heterocycles. The predicted molar refractivity (Wildman–Crippen MR) is 74.1 cm³/mol. The van der Waals surface area contributed by atoms with Crippen LogP contribution in [0.5, 0.6) is 5.75 Å². The number of amides is 1. The van der Waals surface area contributed by atoms with E-state index in [9.17, 15) is 9.59 Å². The molecular weight excluding hydrogens is 266 g/mol. The van der Waals surface area contributed by atoms with Crippen LogP contribution in [-0.2, 0) is 4.79 Å². The minimum absolute atomic E-state index is 0.0275. The van der Waals surface area contributed by atoms with Gasteiger partial charge in [-0.3, -0.25) is 9.59 Å². The van der Waals surface area contributed by atoms with Crippen LogP contribution >= 0.6 is 11.6 Å². The molecule has 1 N–H and O–H groups in total. The van der Waals surface area contributed by atoms with Crippen LogP contribution in [-0.4, -0.2) is 23.2 Å². The third-order valence-electron chi connectivity index (χ3n) is 2.86. The van der Waals surface area contributed by atoms with Crippen molar-refractivity contribution in [1.82, 2.24) is 0 Å². The Morgan fingerprint density at radius 2 is 2.21 bits per heavy atom. The first-order valence-electron chi connectivity index (χ1n) is 6.13. The maximum absolute atomic E-state index is 12.1. The molecule has 0 saturated heterocycles. The van der Waals surface area contributed by atoms with Crippen molar-refractivity contribution in [3.63, 3.8) is 0 Å². The molecule has 0 radical (unpaired) electrons. The highest BCUT2D eigenvalue weighted by molar-refractivity contribution is 6.19. The number of ether oxygens (including phenoxy) is 1. The average Bonchev–Trinajstić information content (AvgIpc) is 2.29. The number of rotatable bonds is 3. The van der Waals surface area contributed by atoms with Gasteiger partial charge in [0.05, 0.1) is 12.0 Å². The maximum atomic E-state index is 12.1. The van der Waals surface area contributed by atoms with Gasteiger partial charge in [-0.25, -0.2) is 0 Å². The molecule has 0 saturated carbocycles. The van der Waals surface area contributed by atoms with E-state index in [1.165, 1.54) is 0 Å². The topological polar surface area (TPSA) is 55.4 Å². The molecule has 19 heavy (non-hydrogen) atoms. The molecule has 0 fully saturated rings. The highest BCUT2D eigenvalue weighted by Gasteiger charge is 2.32. The Kier molecular flexibility index (Phi) is 3.80. The van der Waals surface area contributed by atoms with Crippen LogP contribution in [0.15, 0.2) is 18.2 Å². The van der Waals surface area contributed by atoms with Crippen molar-refractivity contribution < 1.29 is 14.3 Å². The van der Waals surface area contributed by atoms with Crippen LogP contribution in [0.25, 0.3) is 0 Å². The van der Waals surface area contributed by atoms with E-state index >= 15 is 0 Å². The summed E-state index contributed by atoms with van der Waals surface area (Å²) >= 11 is 5.50. The van der Waals surface area contributed by atoms with Crippen LogP contribution in [0.2, 0.25) is 0 Å². The third-order valence-corrected chi connectivity index (χ3v) is 3.05. The molecule has 0 aromatic heterocycles. The molecule has 5 heteroatoms. The molecule has 2 rings (SSSR count). The van der Waals surface area contributed by atoms with Crippen molar-refractivity contribution >= 4 is 29.0 Å². The monoisotopic (exact) mass is 281 g/mol. The summed E-state index contributed by atoms with van der Waals surface area (Å²) in [4.78, 5) is 23.5. The van der Waals surface area contributed by atoms with E-state index in [1.54, 1.807) is 18.2 Å². The van der Waals surface area contributed by atoms with Gasteiger partial charge in [-0.15, -0.1) is 11.6 Å². The largest absolute Gasteiger partial charge is 0.487 e. The summed E-state index contributed by atoms with van der Waals surface area (Å²) in [6.07, 6.45) is 0.579. The second-order valence-electron chi connectivity index (χ2n) is 5.16. The van der Waals surface area contributed by atoms with Gasteiger partial charge < -0.3 is 10.1 Å². The van der Waals surface area contributed by atoms with E-state index in [-0.39, 0.29) is 24.0 Å². The van der Waals surface area contributed by atoms with Gasteiger partial charge in [-0.1, -0.05) is 0 Å². The number of fused-ring (bicyclic) bond motifs is 1. The standard InChI is InChI=1S/C14H16ClNO3/c1-14(2)8-11(17)10-7-9(3-4-12(10)19-14)16-13(18)5-6-15/h3-4,7H,5-6,8H2,1-2H3,(H,16,18). The van der Waals surface area contributed by atoms with Crippen molar-refractivity contribution in [1.29, 1.82) is 0 Å². The number of anilines is 1. The van der Waals surface area contributed by atoms with Gasteiger partial charge in [0.1, 0.15) is 11.4 Å². The van der Waals surface area contributed by atoms with Crippen LogP contribution in [0.1, 0.15) is 37.0 Å². The average molecular weight is 282 g/mol. The fourth-order valence-electron chi connectivity index (χ4n) is 2.04. The summed E-state index contributed by atoms with van der Waals surface area (Å²) in [6, 6.07) is 5.09. The molecular formula is C14H16ClNO3. The Hall–Kier alpha value is -1.55. The quantitative estimate of drug-likeness (QED) is 0.867. The normalized spacial score (nSPS) is 16.5. The highest BCUT2D eigenvalue weighted by Crippen LogP contribution is 2.34. The molecule has 0 bridgehead atoms. The minimum Gasteiger partial charge on any atom is -0.487 e. The molecule has 1 aliphatic rings. The Bertz CT molecular complexity index is 525. The molecule has 1 amide bonds. The molecule has 0 aliphatic carbocycles. The smallest absolute Gasteiger partial charge is 0.225 e. The van der Waals surface area contributed by atoms with Crippen molar-refractivity contribution in [2.24, 2.45) is 0 Å². The first-order valence-corrected chi connectivity index (χ1v) is 6.67. The highest BCUT2D eigenvalue weighted by atomic mass is 35.5. The fraction of sp³-hybridized carbons (Fsp3) is 0.429. The van der Waals surface area contributed by atoms with E-state index in [4.69, 9.17) is 16.3 Å². The summed E-state index contributed by atoms with van der Waals surface area (Å²) in [7, 11) is 0. The van der Waals surface area contributed by atoms with Gasteiger partial charge in [0.25, 0.3) is 0 Å². The Morgan fingerprint density at radius 1 is 1.47 bits per heavy atom. The summed E-state index contributed by atoms with van der Waals surface area (Å²) in [5.41, 5.74) is 0.626. The van der Waals surface area contributed by atoms with Gasteiger partial charge in [0.2, 0.25) is 5.91 Å². The Morgan fingerprint density at radius 3 is 2.89 bits per heavy atom. The van der Waals surface area contributed by atoms with Crippen LogP contribution in [0, 0.1) is 0 Å². The molecule has 1 aromatic carbocycles. The molecule has 0 unspecified atom stereocenters. The minimum atomic E-state index is -0.479. The van der Waals surface area contributed by atoms with Crippen molar-refractivity contribution in [2.45, 2.75) is 32.3 Å². The zero-order chi connectivity index (χ0) is 14.0. The number of nitrogens with one attached hydrogen (secondary N) is 1. The van der Waals surface area contributed by atoms with Crippen LogP contribution < -0.4 is 10.1 Å². The molecule has 4 nitrogen and oxygen atoms in total. The maximum Gasteiger partial charge on any atom is 0.225 e. The van der Waals surface area contributed by atoms with Gasteiger partial charge in [0, 0.05) is 18.0 Å². The lowest BCUT2D eigenvalue weighted by atomic mass is 9.93. The predicted octanol–water partition coefficient (Wildman–Crippen LogP) is 3.00. The molecule has 0 atom stereocenters. The van der Waals surface area contributed by atoms with E-state index in [2.05, 4.69) is 5.32 Å². The van der Waals surface area contributed by atoms with Gasteiger partial charge in [-0.2, -0.15) is 0 Å².